The maximum atomic E-state index is 5.44. The molecule has 2 aromatic rings. The third-order valence-electron chi connectivity index (χ3n) is 1.55. The first kappa shape index (κ1) is 7.80. The van der Waals surface area contributed by atoms with Crippen molar-refractivity contribution in [2.45, 2.75) is 0 Å². The number of hydrogen-bond acceptors (Lipinski definition) is 2. The summed E-state index contributed by atoms with van der Waals surface area (Å²) in [5.74, 6) is 1.35. The number of nitrogens with zero attached hydrogens (tertiary/aromatic N) is 1. The third-order valence-corrected chi connectivity index (χ3v) is 1.55. The van der Waals surface area contributed by atoms with E-state index in [0.29, 0.717) is 5.88 Å². The van der Waals surface area contributed by atoms with Crippen molar-refractivity contribution in [1.29, 1.82) is 0 Å². The number of benzene rings is 1. The largest absolute Gasteiger partial charge is 0.439 e. The Hall–Kier alpha value is -1.83. The van der Waals surface area contributed by atoms with E-state index in [1.165, 1.54) is 0 Å². The van der Waals surface area contributed by atoms with Gasteiger partial charge >= 0.3 is 0 Å². The summed E-state index contributed by atoms with van der Waals surface area (Å²) >= 11 is 0. The molecule has 0 atom stereocenters. The molecule has 0 aliphatic carbocycles. The van der Waals surface area contributed by atoms with E-state index < -0.39 is 0 Å². The molecule has 1 aromatic carbocycles. The van der Waals surface area contributed by atoms with E-state index in [0.717, 1.165) is 5.75 Å². The van der Waals surface area contributed by atoms with Crippen LogP contribution in [0.2, 0.25) is 0 Å². The average molecular weight is 170 g/mol. The first-order valence-electron chi connectivity index (χ1n) is 4.01. The number of rotatable bonds is 2. The van der Waals surface area contributed by atoms with Crippen LogP contribution in [0.15, 0.2) is 48.5 Å². The van der Waals surface area contributed by atoms with Crippen LogP contribution in [0.3, 0.4) is 0 Å². The van der Waals surface area contributed by atoms with Crippen LogP contribution in [-0.2, 0) is 0 Å². The monoisotopic (exact) mass is 170 g/mol. The minimum atomic E-state index is 0.564. The van der Waals surface area contributed by atoms with Gasteiger partial charge in [0.2, 0.25) is 5.88 Å². The molecule has 1 aromatic heterocycles. The summed E-state index contributed by atoms with van der Waals surface area (Å²) in [6, 6.07) is 14.9. The fourth-order valence-corrected chi connectivity index (χ4v) is 0.978. The van der Waals surface area contributed by atoms with Crippen LogP contribution in [0, 0.1) is 6.20 Å². The Bertz CT molecular complexity index is 321. The SMILES string of the molecule is [c]1cccc(Oc2ccccc2)n1. The molecule has 0 unspecified atom stereocenters. The second-order valence-corrected chi connectivity index (χ2v) is 2.52. The number of aromatic nitrogens is 1. The Kier molecular flexibility index (Phi) is 2.23. The molecule has 0 spiro atoms. The Morgan fingerprint density at radius 2 is 1.85 bits per heavy atom. The van der Waals surface area contributed by atoms with Crippen molar-refractivity contribution in [3.63, 3.8) is 0 Å². The van der Waals surface area contributed by atoms with Crippen molar-refractivity contribution < 1.29 is 4.74 Å². The van der Waals surface area contributed by atoms with Crippen molar-refractivity contribution in [2.24, 2.45) is 0 Å². The Labute approximate surface area is 76.8 Å². The minimum absolute atomic E-state index is 0.564. The van der Waals surface area contributed by atoms with Crippen molar-refractivity contribution >= 4 is 0 Å². The number of hydrogen-bond donors (Lipinski definition) is 0. The summed E-state index contributed by atoms with van der Waals surface area (Å²) in [4.78, 5) is 3.93. The Morgan fingerprint density at radius 1 is 1.00 bits per heavy atom. The van der Waals surface area contributed by atoms with Crippen molar-refractivity contribution in [1.82, 2.24) is 4.98 Å². The molecule has 2 rings (SSSR count). The Balaban J connectivity index is 2.16. The number of pyridine rings is 1. The fraction of sp³-hybridized carbons (Fsp3) is 0. The van der Waals surface area contributed by atoms with E-state index in [-0.39, 0.29) is 0 Å². The van der Waals surface area contributed by atoms with Gasteiger partial charge in [0.05, 0.1) is 6.20 Å². The minimum Gasteiger partial charge on any atom is -0.439 e. The van der Waals surface area contributed by atoms with Crippen LogP contribution in [0.25, 0.3) is 0 Å². The molecule has 0 saturated heterocycles. The van der Waals surface area contributed by atoms with Crippen LogP contribution in [-0.4, -0.2) is 4.98 Å². The van der Waals surface area contributed by atoms with Gasteiger partial charge in [0.25, 0.3) is 0 Å². The predicted molar refractivity (Wildman–Crippen MR) is 49.6 cm³/mol. The van der Waals surface area contributed by atoms with Crippen LogP contribution in [0.1, 0.15) is 0 Å². The highest BCUT2D eigenvalue weighted by Gasteiger charge is 1.94. The van der Waals surface area contributed by atoms with Gasteiger partial charge in [-0.3, -0.25) is 0 Å². The molecule has 0 aliphatic heterocycles. The third kappa shape index (κ3) is 2.06. The maximum Gasteiger partial charge on any atom is 0.219 e. The zero-order chi connectivity index (χ0) is 8.93. The van der Waals surface area contributed by atoms with E-state index >= 15 is 0 Å². The van der Waals surface area contributed by atoms with Gasteiger partial charge in [-0.15, -0.1) is 0 Å². The Morgan fingerprint density at radius 3 is 2.54 bits per heavy atom. The number of ether oxygens (including phenoxy) is 1. The summed E-state index contributed by atoms with van der Waals surface area (Å²) in [7, 11) is 0. The molecule has 0 bridgehead atoms. The zero-order valence-corrected chi connectivity index (χ0v) is 6.97. The van der Waals surface area contributed by atoms with Crippen molar-refractivity contribution in [2.75, 3.05) is 0 Å². The van der Waals surface area contributed by atoms with E-state index in [1.807, 2.05) is 36.4 Å². The topological polar surface area (TPSA) is 22.1 Å². The summed E-state index contributed by atoms with van der Waals surface area (Å²) < 4.78 is 5.44. The van der Waals surface area contributed by atoms with E-state index in [9.17, 15) is 0 Å². The predicted octanol–water partition coefficient (Wildman–Crippen LogP) is 2.67. The highest BCUT2D eigenvalue weighted by atomic mass is 16.5. The lowest BCUT2D eigenvalue weighted by atomic mass is 10.3. The zero-order valence-electron chi connectivity index (χ0n) is 6.97. The van der Waals surface area contributed by atoms with Gasteiger partial charge in [-0.2, -0.15) is 0 Å². The quantitative estimate of drug-likeness (QED) is 0.691. The molecule has 63 valence electrons. The number of para-hydroxylation sites is 1. The molecular weight excluding hydrogens is 162 g/mol. The van der Waals surface area contributed by atoms with Gasteiger partial charge in [0, 0.05) is 6.07 Å². The summed E-state index contributed by atoms with van der Waals surface area (Å²) in [5, 5.41) is 0. The summed E-state index contributed by atoms with van der Waals surface area (Å²) in [6.07, 6.45) is 2.71. The molecule has 2 nitrogen and oxygen atoms in total. The van der Waals surface area contributed by atoms with Crippen molar-refractivity contribution in [3.05, 3.63) is 54.7 Å². The molecule has 1 heterocycles. The normalized spacial score (nSPS) is 9.54. The van der Waals surface area contributed by atoms with Crippen LogP contribution in [0.5, 0.6) is 11.6 Å². The lowest BCUT2D eigenvalue weighted by Crippen LogP contribution is -1.85. The fourth-order valence-electron chi connectivity index (χ4n) is 0.978. The molecular formula is C11H8NO. The van der Waals surface area contributed by atoms with Gasteiger partial charge in [-0.25, -0.2) is 4.98 Å². The second kappa shape index (κ2) is 3.72. The average Bonchev–Trinajstić information content (AvgIpc) is 2.21. The molecule has 0 aliphatic rings. The molecule has 0 N–H and O–H groups in total. The van der Waals surface area contributed by atoms with Gasteiger partial charge in [0.1, 0.15) is 5.75 Å². The maximum absolute atomic E-state index is 5.44. The first-order valence-corrected chi connectivity index (χ1v) is 4.01. The highest BCUT2D eigenvalue weighted by molar-refractivity contribution is 5.25. The highest BCUT2D eigenvalue weighted by Crippen LogP contribution is 2.16. The smallest absolute Gasteiger partial charge is 0.219 e. The molecule has 1 radical (unpaired) electrons. The van der Waals surface area contributed by atoms with Crippen LogP contribution < -0.4 is 4.74 Å². The molecule has 0 fully saturated rings. The van der Waals surface area contributed by atoms with Gasteiger partial charge in [-0.05, 0) is 18.2 Å². The van der Waals surface area contributed by atoms with Crippen molar-refractivity contribution in [3.8, 4) is 11.6 Å². The van der Waals surface area contributed by atoms with Gasteiger partial charge in [-0.1, -0.05) is 24.3 Å². The molecule has 13 heavy (non-hydrogen) atoms. The lowest BCUT2D eigenvalue weighted by Gasteiger charge is -2.02. The molecule has 2 heteroatoms. The van der Waals surface area contributed by atoms with Crippen LogP contribution >= 0.6 is 0 Å². The first-order chi connectivity index (χ1) is 6.45. The van der Waals surface area contributed by atoms with E-state index in [2.05, 4.69) is 11.2 Å². The van der Waals surface area contributed by atoms with Gasteiger partial charge < -0.3 is 4.74 Å². The van der Waals surface area contributed by atoms with Gasteiger partial charge in [0.15, 0.2) is 0 Å². The lowest BCUT2D eigenvalue weighted by molar-refractivity contribution is 0.462. The summed E-state index contributed by atoms with van der Waals surface area (Å²) in [5.41, 5.74) is 0. The summed E-state index contributed by atoms with van der Waals surface area (Å²) in [6.45, 7) is 0. The molecule has 0 amide bonds. The standard InChI is InChI=1S/C11H8NO/c1-2-6-10(7-3-1)13-11-8-4-5-9-12-11/h1-8H. The van der Waals surface area contributed by atoms with Crippen LogP contribution in [0.4, 0.5) is 0 Å². The second-order valence-electron chi connectivity index (χ2n) is 2.52. The van der Waals surface area contributed by atoms with E-state index in [1.54, 1.807) is 12.1 Å². The molecule has 0 saturated carbocycles. The van der Waals surface area contributed by atoms with E-state index in [4.69, 9.17) is 4.74 Å².